The Kier molecular flexibility index (Phi) is 7.76. The van der Waals surface area contributed by atoms with Crippen LogP contribution in [0.4, 0.5) is 0 Å². The summed E-state index contributed by atoms with van der Waals surface area (Å²) in [6, 6.07) is 10.4. The van der Waals surface area contributed by atoms with E-state index in [0.29, 0.717) is 41.8 Å². The Labute approximate surface area is 232 Å². The van der Waals surface area contributed by atoms with E-state index in [4.69, 9.17) is 9.47 Å². The van der Waals surface area contributed by atoms with Crippen molar-refractivity contribution in [3.8, 4) is 17.4 Å². The van der Waals surface area contributed by atoms with Gasteiger partial charge in [-0.2, -0.15) is 9.40 Å². The van der Waals surface area contributed by atoms with Crippen LogP contribution >= 0.6 is 0 Å². The Morgan fingerprint density at radius 3 is 2.48 bits per heavy atom. The maximum atomic E-state index is 12.9. The second kappa shape index (κ2) is 11.3. The fraction of sp³-hybridized carbons (Fsp3) is 0.407. The Morgan fingerprint density at radius 1 is 1.10 bits per heavy atom. The summed E-state index contributed by atoms with van der Waals surface area (Å²) in [4.78, 5) is 31.6. The fourth-order valence-electron chi connectivity index (χ4n) is 4.64. The number of benzene rings is 1. The fourth-order valence-corrected chi connectivity index (χ4v) is 5.47. The zero-order chi connectivity index (χ0) is 28.4. The molecule has 2 aromatic heterocycles. The first-order valence-corrected chi connectivity index (χ1v) is 14.8. The summed E-state index contributed by atoms with van der Waals surface area (Å²) in [5.74, 6) is 1.14. The molecular formula is C27H32N6O6S. The molecule has 2 aliphatic rings. The highest BCUT2D eigenvalue weighted by Crippen LogP contribution is 2.39. The number of pyridine rings is 1. The number of sulfonamides is 1. The third kappa shape index (κ3) is 6.10. The second-order valence-electron chi connectivity index (χ2n) is 9.92. The van der Waals surface area contributed by atoms with Gasteiger partial charge in [0.05, 0.1) is 24.6 Å². The molecule has 0 radical (unpaired) electrons. The van der Waals surface area contributed by atoms with Crippen molar-refractivity contribution < 1.29 is 27.5 Å². The third-order valence-corrected chi connectivity index (χ3v) is 8.33. The van der Waals surface area contributed by atoms with Crippen molar-refractivity contribution in [3.63, 3.8) is 0 Å². The van der Waals surface area contributed by atoms with E-state index in [1.807, 2.05) is 12.1 Å². The zero-order valence-corrected chi connectivity index (χ0v) is 23.5. The molecule has 3 heterocycles. The van der Waals surface area contributed by atoms with Crippen LogP contribution in [0, 0.1) is 0 Å². The minimum absolute atomic E-state index is 0.219. The van der Waals surface area contributed by atoms with Crippen molar-refractivity contribution in [2.24, 2.45) is 7.05 Å². The van der Waals surface area contributed by atoms with Gasteiger partial charge in [-0.15, -0.1) is 0 Å². The second-order valence-corrected chi connectivity index (χ2v) is 11.9. The maximum Gasteiger partial charge on any atom is 0.269 e. The number of methoxy groups -OCH3 is 1. The molecule has 3 aromatic rings. The zero-order valence-electron chi connectivity index (χ0n) is 22.7. The van der Waals surface area contributed by atoms with E-state index in [2.05, 4.69) is 15.4 Å². The van der Waals surface area contributed by atoms with E-state index in [0.717, 1.165) is 24.1 Å². The largest absolute Gasteiger partial charge is 0.492 e. The number of nitrogens with zero attached hydrogens (tertiary/aromatic N) is 5. The molecule has 1 saturated heterocycles. The van der Waals surface area contributed by atoms with Crippen LogP contribution in [0.1, 0.15) is 50.9 Å². The van der Waals surface area contributed by atoms with E-state index in [-0.39, 0.29) is 37.3 Å². The number of rotatable bonds is 9. The molecule has 0 spiro atoms. The summed E-state index contributed by atoms with van der Waals surface area (Å²) in [6.07, 6.45) is 4.82. The summed E-state index contributed by atoms with van der Waals surface area (Å²) in [7, 11) is 0.0132. The van der Waals surface area contributed by atoms with Crippen LogP contribution in [0.3, 0.4) is 0 Å². The number of para-hydroxylation sites is 1. The molecule has 0 atom stereocenters. The molecule has 12 nitrogen and oxygen atoms in total. The van der Waals surface area contributed by atoms with E-state index in [9.17, 15) is 18.0 Å². The minimum atomic E-state index is -3.27. The molecule has 0 unspecified atom stereocenters. The molecule has 1 aromatic carbocycles. The van der Waals surface area contributed by atoms with Gasteiger partial charge >= 0.3 is 0 Å². The Hall–Kier alpha value is -3.97. The van der Waals surface area contributed by atoms with Crippen LogP contribution in [0.2, 0.25) is 0 Å². The lowest BCUT2D eigenvalue weighted by Gasteiger charge is -2.33. The number of hydrogen-bond acceptors (Lipinski definition) is 8. The van der Waals surface area contributed by atoms with Crippen molar-refractivity contribution in [2.45, 2.75) is 25.3 Å². The summed E-state index contributed by atoms with van der Waals surface area (Å²) in [6.45, 7) is 1.37. The SMILES string of the molecule is COc1c(CNC(=O)c2cc(C3CC3)nn2C)cccc1Oc1ccc(C(=O)N2CCN(S(C)(=O)=O)CC2)cn1. The van der Waals surface area contributed by atoms with Crippen LogP contribution in [0.15, 0.2) is 42.6 Å². The first kappa shape index (κ1) is 27.6. The van der Waals surface area contributed by atoms with E-state index < -0.39 is 10.0 Å². The standard InChI is InChI=1S/C27H32N6O6S/c1-31-22(15-21(30-31)18-7-8-18)26(34)29-16-19-5-4-6-23(25(19)38-2)39-24-10-9-20(17-28-24)27(35)32-11-13-33(14-12-32)40(3,36)37/h4-6,9-10,15,17-18H,7-8,11-14,16H2,1-3H3,(H,29,34). The van der Waals surface area contributed by atoms with Crippen LogP contribution in [0.5, 0.6) is 17.4 Å². The molecule has 2 fully saturated rings. The Balaban J connectivity index is 1.21. The van der Waals surface area contributed by atoms with Gasteiger partial charge in [0.1, 0.15) is 5.69 Å². The summed E-state index contributed by atoms with van der Waals surface area (Å²) in [5.41, 5.74) is 2.56. The Bertz CT molecular complexity index is 1510. The van der Waals surface area contributed by atoms with Gasteiger partial charge in [0, 0.05) is 63.5 Å². The molecule has 1 aliphatic carbocycles. The van der Waals surface area contributed by atoms with Crippen LogP contribution in [-0.4, -0.2) is 83.7 Å². The van der Waals surface area contributed by atoms with Gasteiger partial charge in [-0.25, -0.2) is 13.4 Å². The summed E-state index contributed by atoms with van der Waals surface area (Å²) in [5, 5.41) is 7.38. The van der Waals surface area contributed by atoms with Crippen molar-refractivity contribution in [1.82, 2.24) is 29.3 Å². The molecule has 1 aliphatic heterocycles. The predicted octanol–water partition coefficient (Wildman–Crippen LogP) is 2.14. The first-order valence-electron chi connectivity index (χ1n) is 13.0. The smallest absolute Gasteiger partial charge is 0.269 e. The van der Waals surface area contributed by atoms with Crippen molar-refractivity contribution >= 4 is 21.8 Å². The number of ether oxygens (including phenoxy) is 2. The minimum Gasteiger partial charge on any atom is -0.492 e. The maximum absolute atomic E-state index is 12.9. The lowest BCUT2D eigenvalue weighted by molar-refractivity contribution is 0.0697. The topological polar surface area (TPSA) is 136 Å². The van der Waals surface area contributed by atoms with Crippen molar-refractivity contribution in [1.29, 1.82) is 0 Å². The quantitative estimate of drug-likeness (QED) is 0.415. The van der Waals surface area contributed by atoms with Gasteiger partial charge in [0.25, 0.3) is 11.8 Å². The molecule has 1 saturated carbocycles. The number of carbonyl (C=O) groups excluding carboxylic acids is 2. The molecular weight excluding hydrogens is 536 g/mol. The number of carbonyl (C=O) groups is 2. The number of amides is 2. The number of hydrogen-bond donors (Lipinski definition) is 1. The summed E-state index contributed by atoms with van der Waals surface area (Å²) < 4.78 is 38.0. The first-order chi connectivity index (χ1) is 19.1. The molecule has 13 heteroatoms. The van der Waals surface area contributed by atoms with Crippen molar-refractivity contribution in [2.75, 3.05) is 39.5 Å². The third-order valence-electron chi connectivity index (χ3n) is 7.02. The van der Waals surface area contributed by atoms with Gasteiger partial charge in [-0.3, -0.25) is 14.3 Å². The van der Waals surface area contributed by atoms with E-state index in [1.165, 1.54) is 23.9 Å². The van der Waals surface area contributed by atoms with E-state index >= 15 is 0 Å². The lowest BCUT2D eigenvalue weighted by atomic mass is 10.1. The molecule has 0 bridgehead atoms. The normalized spacial score (nSPS) is 16.0. The number of aryl methyl sites for hydroxylation is 1. The lowest BCUT2D eigenvalue weighted by Crippen LogP contribution is -2.50. The van der Waals surface area contributed by atoms with Gasteiger partial charge in [0.15, 0.2) is 11.5 Å². The highest BCUT2D eigenvalue weighted by molar-refractivity contribution is 7.88. The van der Waals surface area contributed by atoms with Crippen molar-refractivity contribution in [3.05, 3.63) is 65.1 Å². The van der Waals surface area contributed by atoms with Crippen LogP contribution in [-0.2, 0) is 23.6 Å². The number of nitrogens with one attached hydrogen (secondary N) is 1. The van der Waals surface area contributed by atoms with E-state index in [1.54, 1.807) is 40.9 Å². The molecule has 2 amide bonds. The highest BCUT2D eigenvalue weighted by Gasteiger charge is 2.28. The molecule has 212 valence electrons. The van der Waals surface area contributed by atoms with Gasteiger partial charge < -0.3 is 19.7 Å². The summed E-state index contributed by atoms with van der Waals surface area (Å²) >= 11 is 0. The molecule has 1 N–H and O–H groups in total. The highest BCUT2D eigenvalue weighted by atomic mass is 32.2. The average Bonchev–Trinajstić information content (AvgIpc) is 3.72. The average molecular weight is 569 g/mol. The predicted molar refractivity (Wildman–Crippen MR) is 146 cm³/mol. The van der Waals surface area contributed by atoms with Gasteiger partial charge in [0.2, 0.25) is 15.9 Å². The van der Waals surface area contributed by atoms with Crippen LogP contribution < -0.4 is 14.8 Å². The molecule has 5 rings (SSSR count). The monoisotopic (exact) mass is 568 g/mol. The number of aromatic nitrogens is 3. The van der Waals surface area contributed by atoms with Crippen LogP contribution in [0.25, 0.3) is 0 Å². The van der Waals surface area contributed by atoms with Gasteiger partial charge in [-0.05, 0) is 31.0 Å². The Morgan fingerprint density at radius 2 is 1.85 bits per heavy atom. The molecule has 40 heavy (non-hydrogen) atoms. The number of piperazine rings is 1. The van der Waals surface area contributed by atoms with Gasteiger partial charge in [-0.1, -0.05) is 12.1 Å².